The zero-order valence-electron chi connectivity index (χ0n) is 14.2. The van der Waals surface area contributed by atoms with Gasteiger partial charge in [-0.25, -0.2) is 0 Å². The van der Waals surface area contributed by atoms with Crippen molar-refractivity contribution in [3.63, 3.8) is 0 Å². The van der Waals surface area contributed by atoms with Gasteiger partial charge in [-0.05, 0) is 19.3 Å². The molecule has 2 N–H and O–H groups in total. The van der Waals surface area contributed by atoms with Crippen LogP contribution >= 0.6 is 0 Å². The molecule has 132 valence electrons. The molecule has 7 heteroatoms. The molecular weight excluding hydrogens is 302 g/mol. The molecule has 0 aromatic heterocycles. The number of carbonyl (C=O) groups excluding carboxylic acids is 1. The highest BCUT2D eigenvalue weighted by atomic mass is 16.5. The van der Waals surface area contributed by atoms with E-state index in [-0.39, 0.29) is 25.2 Å². The van der Waals surface area contributed by atoms with Crippen molar-refractivity contribution >= 4 is 17.9 Å². The number of likely N-dealkylation sites (N-methyl/N-ethyl adjacent to an activating group) is 1. The van der Waals surface area contributed by atoms with E-state index in [9.17, 15) is 14.4 Å². The second kappa shape index (κ2) is 10.8. The minimum atomic E-state index is -0.986. The molecule has 0 spiro atoms. The molecule has 0 amide bonds. The van der Waals surface area contributed by atoms with Crippen LogP contribution in [0.3, 0.4) is 0 Å². The number of nitrogens with zero attached hydrogens (tertiary/aromatic N) is 1. The second-order valence-corrected chi connectivity index (χ2v) is 6.50. The van der Waals surface area contributed by atoms with E-state index in [1.54, 1.807) is 12.2 Å². The third kappa shape index (κ3) is 14.8. The van der Waals surface area contributed by atoms with Gasteiger partial charge < -0.3 is 19.4 Å². The van der Waals surface area contributed by atoms with Crippen LogP contribution in [0, 0.1) is 0 Å². The highest BCUT2D eigenvalue weighted by molar-refractivity contribution is 5.71. The zero-order valence-corrected chi connectivity index (χ0v) is 14.2. The molecule has 0 radical (unpaired) electrons. The summed E-state index contributed by atoms with van der Waals surface area (Å²) in [6.07, 6.45) is 4.87. The Morgan fingerprint density at radius 2 is 1.70 bits per heavy atom. The molecule has 0 saturated heterocycles. The lowest BCUT2D eigenvalue weighted by Gasteiger charge is -2.28. The lowest BCUT2D eigenvalue weighted by molar-refractivity contribution is -0.873. The summed E-state index contributed by atoms with van der Waals surface area (Å²) < 4.78 is 5.78. The fourth-order valence-corrected chi connectivity index (χ4v) is 2.03. The van der Waals surface area contributed by atoms with Gasteiger partial charge in [0.25, 0.3) is 0 Å². The number of aliphatic carboxylic acids is 2. The smallest absolute Gasteiger partial charge is 0.307 e. The molecule has 7 nitrogen and oxygen atoms in total. The van der Waals surface area contributed by atoms with Gasteiger partial charge in [-0.2, -0.15) is 0 Å². The van der Waals surface area contributed by atoms with Crippen LogP contribution in [0.4, 0.5) is 0 Å². The molecule has 0 rings (SSSR count). The van der Waals surface area contributed by atoms with Crippen molar-refractivity contribution in [2.75, 3.05) is 27.7 Å². The van der Waals surface area contributed by atoms with Gasteiger partial charge in [0.15, 0.2) is 6.10 Å². The van der Waals surface area contributed by atoms with Crippen molar-refractivity contribution in [2.24, 2.45) is 0 Å². The minimum Gasteiger partial charge on any atom is -0.481 e. The molecule has 0 saturated carbocycles. The Kier molecular flexibility index (Phi) is 9.89. The first-order valence-electron chi connectivity index (χ1n) is 7.68. The number of hydrogen-bond donors (Lipinski definition) is 2. The maximum absolute atomic E-state index is 11.8. The first kappa shape index (κ1) is 21.1. The Hall–Kier alpha value is -1.89. The quantitative estimate of drug-likeness (QED) is 0.244. The monoisotopic (exact) mass is 330 g/mol. The Morgan fingerprint density at radius 3 is 2.22 bits per heavy atom. The standard InChI is InChI=1S/C16H27NO6/c1-17(2,3)12-13(11-15(20)21)23-16(22)10-8-6-4-5-7-9-14(18)19/h5,7,13H,4,6,8-12H2,1-3H3,(H-,18,19,20,21)/p+1/b7-5+. The van der Waals surface area contributed by atoms with Gasteiger partial charge in [-0.3, -0.25) is 14.4 Å². The number of ether oxygens (including phenoxy) is 1. The Bertz CT molecular complexity index is 425. The summed E-state index contributed by atoms with van der Waals surface area (Å²) in [5.41, 5.74) is 0. The van der Waals surface area contributed by atoms with Gasteiger partial charge in [-0.1, -0.05) is 12.2 Å². The van der Waals surface area contributed by atoms with E-state index in [0.29, 0.717) is 23.9 Å². The van der Waals surface area contributed by atoms with E-state index < -0.39 is 18.0 Å². The molecule has 1 unspecified atom stereocenters. The molecular formula is C16H28NO6+. The van der Waals surface area contributed by atoms with E-state index in [4.69, 9.17) is 14.9 Å². The molecule has 0 aromatic rings. The summed E-state index contributed by atoms with van der Waals surface area (Å²) in [6, 6.07) is 0. The molecule has 0 bridgehead atoms. The first-order chi connectivity index (χ1) is 10.6. The van der Waals surface area contributed by atoms with Gasteiger partial charge in [-0.15, -0.1) is 0 Å². The maximum atomic E-state index is 11.8. The third-order valence-electron chi connectivity index (χ3n) is 2.91. The van der Waals surface area contributed by atoms with Crippen molar-refractivity contribution in [1.82, 2.24) is 0 Å². The van der Waals surface area contributed by atoms with Crippen LogP contribution < -0.4 is 0 Å². The van der Waals surface area contributed by atoms with E-state index in [1.165, 1.54) is 0 Å². The number of carbonyl (C=O) groups is 3. The topological polar surface area (TPSA) is 101 Å². The van der Waals surface area contributed by atoms with E-state index in [0.717, 1.165) is 6.42 Å². The van der Waals surface area contributed by atoms with E-state index >= 15 is 0 Å². The maximum Gasteiger partial charge on any atom is 0.307 e. The lowest BCUT2D eigenvalue weighted by atomic mass is 10.1. The second-order valence-electron chi connectivity index (χ2n) is 6.50. The summed E-state index contributed by atoms with van der Waals surface area (Å²) in [5.74, 6) is -2.24. The van der Waals surface area contributed by atoms with E-state index in [2.05, 4.69) is 0 Å². The van der Waals surface area contributed by atoms with Crippen LogP contribution in [0.25, 0.3) is 0 Å². The Labute approximate surface area is 137 Å². The Balaban J connectivity index is 4.05. The predicted molar refractivity (Wildman–Crippen MR) is 84.9 cm³/mol. The average Bonchev–Trinajstić information content (AvgIpc) is 2.34. The number of esters is 1. The Morgan fingerprint density at radius 1 is 1.04 bits per heavy atom. The summed E-state index contributed by atoms with van der Waals surface area (Å²) in [4.78, 5) is 32.9. The molecule has 0 heterocycles. The third-order valence-corrected chi connectivity index (χ3v) is 2.91. The molecule has 0 aliphatic heterocycles. The van der Waals surface area contributed by atoms with E-state index in [1.807, 2.05) is 21.1 Å². The van der Waals surface area contributed by atoms with Crippen LogP contribution in [0.15, 0.2) is 12.2 Å². The van der Waals surface area contributed by atoms with Crippen LogP contribution in [0.5, 0.6) is 0 Å². The SMILES string of the molecule is C[N+](C)(C)CC(CC(=O)O)OC(=O)CCCC/C=C/CC(=O)O. The van der Waals surface area contributed by atoms with Crippen LogP contribution in [-0.4, -0.2) is 66.4 Å². The summed E-state index contributed by atoms with van der Waals surface area (Å²) in [7, 11) is 5.73. The summed E-state index contributed by atoms with van der Waals surface area (Å²) in [5, 5.41) is 17.3. The number of allylic oxidation sites excluding steroid dienone is 1. The van der Waals surface area contributed by atoms with Gasteiger partial charge in [0.05, 0.1) is 34.0 Å². The number of quaternary nitrogens is 1. The van der Waals surface area contributed by atoms with Crippen LogP contribution in [-0.2, 0) is 19.1 Å². The van der Waals surface area contributed by atoms with Gasteiger partial charge in [0.1, 0.15) is 6.54 Å². The number of rotatable bonds is 12. The summed E-state index contributed by atoms with van der Waals surface area (Å²) in [6.45, 7) is 0.440. The zero-order chi connectivity index (χ0) is 17.9. The van der Waals surface area contributed by atoms with Crippen molar-refractivity contribution < 1.29 is 33.8 Å². The fourth-order valence-electron chi connectivity index (χ4n) is 2.03. The highest BCUT2D eigenvalue weighted by Crippen LogP contribution is 2.09. The number of unbranched alkanes of at least 4 members (excludes halogenated alkanes) is 2. The number of hydrogen-bond acceptors (Lipinski definition) is 4. The molecule has 0 aliphatic rings. The first-order valence-corrected chi connectivity index (χ1v) is 7.68. The predicted octanol–water partition coefficient (Wildman–Crippen LogP) is 1.67. The van der Waals surface area contributed by atoms with Crippen molar-refractivity contribution in [1.29, 1.82) is 0 Å². The largest absolute Gasteiger partial charge is 0.481 e. The fraction of sp³-hybridized carbons (Fsp3) is 0.688. The van der Waals surface area contributed by atoms with Crippen LogP contribution in [0.1, 0.15) is 38.5 Å². The lowest BCUT2D eigenvalue weighted by Crippen LogP contribution is -2.43. The normalized spacial score (nSPS) is 13.0. The molecule has 1 atom stereocenters. The highest BCUT2D eigenvalue weighted by Gasteiger charge is 2.24. The van der Waals surface area contributed by atoms with Gasteiger partial charge in [0, 0.05) is 6.42 Å². The molecule has 0 aromatic carbocycles. The average molecular weight is 330 g/mol. The minimum absolute atomic E-state index is 0.00393. The van der Waals surface area contributed by atoms with Gasteiger partial charge in [0.2, 0.25) is 0 Å². The molecule has 0 fully saturated rings. The molecule has 0 aliphatic carbocycles. The summed E-state index contributed by atoms with van der Waals surface area (Å²) >= 11 is 0. The van der Waals surface area contributed by atoms with Crippen LogP contribution in [0.2, 0.25) is 0 Å². The van der Waals surface area contributed by atoms with Crippen molar-refractivity contribution in [3.05, 3.63) is 12.2 Å². The van der Waals surface area contributed by atoms with Gasteiger partial charge >= 0.3 is 17.9 Å². The number of carboxylic acid groups (broad SMARTS) is 2. The van der Waals surface area contributed by atoms with Crippen molar-refractivity contribution in [2.45, 2.75) is 44.6 Å². The molecule has 23 heavy (non-hydrogen) atoms. The number of carboxylic acids is 2. The van der Waals surface area contributed by atoms with Crippen molar-refractivity contribution in [3.8, 4) is 0 Å².